The first-order valence-electron chi connectivity index (χ1n) is 11.5. The molecule has 1 aliphatic carbocycles. The number of aryl methyl sites for hydroxylation is 1. The molecular weight excluding hydrogens is 388 g/mol. The van der Waals surface area contributed by atoms with Gasteiger partial charge in [0.15, 0.2) is 0 Å². The average molecular weight is 423 g/mol. The van der Waals surface area contributed by atoms with Crippen molar-refractivity contribution in [1.29, 1.82) is 0 Å². The fourth-order valence-electron chi connectivity index (χ4n) is 4.94. The summed E-state index contributed by atoms with van der Waals surface area (Å²) < 4.78 is 5.35. The SMILES string of the molecule is COc1cccc(CN2C(=O)CCc3c(C)nc(CN(C)CC4CCCCC4)nc32)c1. The third-order valence-corrected chi connectivity index (χ3v) is 6.56. The van der Waals surface area contributed by atoms with Gasteiger partial charge in [-0.05, 0) is 56.8 Å². The third-order valence-electron chi connectivity index (χ3n) is 6.56. The van der Waals surface area contributed by atoms with E-state index in [4.69, 9.17) is 14.7 Å². The topological polar surface area (TPSA) is 58.6 Å². The van der Waals surface area contributed by atoms with Crippen molar-refractivity contribution in [3.63, 3.8) is 0 Å². The van der Waals surface area contributed by atoms with Crippen molar-refractivity contribution in [3.8, 4) is 5.75 Å². The number of fused-ring (bicyclic) bond motifs is 1. The van der Waals surface area contributed by atoms with Gasteiger partial charge >= 0.3 is 0 Å². The summed E-state index contributed by atoms with van der Waals surface area (Å²) in [5.74, 6) is 3.29. The molecule has 6 heteroatoms. The van der Waals surface area contributed by atoms with E-state index in [0.29, 0.717) is 25.9 Å². The van der Waals surface area contributed by atoms with Crippen LogP contribution in [0, 0.1) is 12.8 Å². The van der Waals surface area contributed by atoms with Crippen molar-refractivity contribution in [3.05, 3.63) is 46.9 Å². The van der Waals surface area contributed by atoms with E-state index in [2.05, 4.69) is 11.9 Å². The van der Waals surface area contributed by atoms with Gasteiger partial charge in [0.05, 0.1) is 20.2 Å². The summed E-state index contributed by atoms with van der Waals surface area (Å²) in [7, 11) is 3.82. The summed E-state index contributed by atoms with van der Waals surface area (Å²) in [6.07, 6.45) is 7.97. The Morgan fingerprint density at radius 1 is 1.16 bits per heavy atom. The molecule has 31 heavy (non-hydrogen) atoms. The van der Waals surface area contributed by atoms with E-state index >= 15 is 0 Å². The van der Waals surface area contributed by atoms with E-state index in [1.54, 1.807) is 7.11 Å². The summed E-state index contributed by atoms with van der Waals surface area (Å²) in [6.45, 7) is 4.35. The molecule has 0 spiro atoms. The van der Waals surface area contributed by atoms with Crippen LogP contribution in [0.4, 0.5) is 5.82 Å². The van der Waals surface area contributed by atoms with Gasteiger partial charge < -0.3 is 4.74 Å². The maximum Gasteiger partial charge on any atom is 0.228 e. The Balaban J connectivity index is 1.54. The number of methoxy groups -OCH3 is 1. The van der Waals surface area contributed by atoms with E-state index < -0.39 is 0 Å². The van der Waals surface area contributed by atoms with Crippen LogP contribution < -0.4 is 9.64 Å². The van der Waals surface area contributed by atoms with Crippen LogP contribution >= 0.6 is 0 Å². The van der Waals surface area contributed by atoms with Gasteiger partial charge in [0.2, 0.25) is 5.91 Å². The largest absolute Gasteiger partial charge is 0.497 e. The zero-order chi connectivity index (χ0) is 21.8. The highest BCUT2D eigenvalue weighted by Crippen LogP contribution is 2.30. The molecule has 0 saturated heterocycles. The van der Waals surface area contributed by atoms with Gasteiger partial charge in [0, 0.05) is 24.2 Å². The van der Waals surface area contributed by atoms with Gasteiger partial charge in [0.1, 0.15) is 17.4 Å². The number of nitrogens with zero attached hydrogens (tertiary/aromatic N) is 4. The summed E-state index contributed by atoms with van der Waals surface area (Å²) >= 11 is 0. The first-order chi connectivity index (χ1) is 15.0. The number of hydrogen-bond acceptors (Lipinski definition) is 5. The minimum Gasteiger partial charge on any atom is -0.497 e. The normalized spacial score (nSPS) is 17.2. The second-order valence-electron chi connectivity index (χ2n) is 9.06. The standard InChI is InChI=1S/C25H34N4O2/c1-18-22-12-13-24(30)29(16-20-10-7-11-21(14-20)31-3)25(22)27-23(26-18)17-28(2)15-19-8-5-4-6-9-19/h7,10-11,14,19H,4-6,8-9,12-13,15-17H2,1-3H3. The van der Waals surface area contributed by atoms with Crippen molar-refractivity contribution < 1.29 is 9.53 Å². The van der Waals surface area contributed by atoms with Gasteiger partial charge in [-0.2, -0.15) is 0 Å². The Morgan fingerprint density at radius 2 is 1.97 bits per heavy atom. The number of amides is 1. The summed E-state index contributed by atoms with van der Waals surface area (Å²) in [4.78, 5) is 26.7. The van der Waals surface area contributed by atoms with Crippen LogP contribution in [0.5, 0.6) is 5.75 Å². The zero-order valence-electron chi connectivity index (χ0n) is 19.1. The maximum absolute atomic E-state index is 12.8. The number of hydrogen-bond donors (Lipinski definition) is 0. The lowest BCUT2D eigenvalue weighted by Crippen LogP contribution is -2.36. The van der Waals surface area contributed by atoms with E-state index in [1.807, 2.05) is 36.1 Å². The van der Waals surface area contributed by atoms with Gasteiger partial charge in [-0.1, -0.05) is 31.4 Å². The predicted octanol–water partition coefficient (Wildman–Crippen LogP) is 4.29. The number of carbonyl (C=O) groups is 1. The molecule has 0 atom stereocenters. The molecule has 0 unspecified atom stereocenters. The molecule has 166 valence electrons. The van der Waals surface area contributed by atoms with Crippen LogP contribution in [-0.2, 0) is 24.3 Å². The summed E-state index contributed by atoms with van der Waals surface area (Å²) in [5, 5.41) is 0. The molecular formula is C25H34N4O2. The van der Waals surface area contributed by atoms with Crippen molar-refractivity contribution >= 4 is 11.7 Å². The molecule has 6 nitrogen and oxygen atoms in total. The van der Waals surface area contributed by atoms with Gasteiger partial charge in [-0.3, -0.25) is 14.6 Å². The number of aromatic nitrogens is 2. The lowest BCUT2D eigenvalue weighted by molar-refractivity contribution is -0.119. The Hall–Kier alpha value is -2.47. The fourth-order valence-corrected chi connectivity index (χ4v) is 4.94. The molecule has 1 saturated carbocycles. The third kappa shape index (κ3) is 5.24. The number of benzene rings is 1. The molecule has 4 rings (SSSR count). The maximum atomic E-state index is 12.8. The van der Waals surface area contributed by atoms with Crippen molar-refractivity contribution in [2.24, 2.45) is 5.92 Å². The Morgan fingerprint density at radius 3 is 2.74 bits per heavy atom. The molecule has 2 aromatic rings. The number of rotatable bonds is 7. The van der Waals surface area contributed by atoms with Crippen LogP contribution in [0.1, 0.15) is 61.2 Å². The molecule has 0 N–H and O–H groups in total. The van der Waals surface area contributed by atoms with E-state index in [9.17, 15) is 4.79 Å². The lowest BCUT2D eigenvalue weighted by atomic mass is 9.89. The quantitative estimate of drug-likeness (QED) is 0.666. The average Bonchev–Trinajstić information content (AvgIpc) is 2.76. The van der Waals surface area contributed by atoms with Crippen LogP contribution in [0.25, 0.3) is 0 Å². The first kappa shape index (κ1) is 21.8. The molecule has 0 bridgehead atoms. The Labute approximate surface area is 185 Å². The van der Waals surface area contributed by atoms with Crippen LogP contribution in [0.2, 0.25) is 0 Å². The number of carbonyl (C=O) groups excluding carboxylic acids is 1. The minimum atomic E-state index is 0.120. The number of ether oxygens (including phenoxy) is 1. The zero-order valence-corrected chi connectivity index (χ0v) is 19.1. The smallest absolute Gasteiger partial charge is 0.228 e. The fraction of sp³-hybridized carbons (Fsp3) is 0.560. The first-order valence-corrected chi connectivity index (χ1v) is 11.5. The van der Waals surface area contributed by atoms with Crippen molar-refractivity contribution in [2.75, 3.05) is 25.6 Å². The molecule has 1 aromatic carbocycles. The van der Waals surface area contributed by atoms with E-state index in [1.165, 1.54) is 32.1 Å². The lowest BCUT2D eigenvalue weighted by Gasteiger charge is -2.30. The molecule has 1 fully saturated rings. The van der Waals surface area contributed by atoms with Crippen LogP contribution in [-0.4, -0.2) is 41.5 Å². The van der Waals surface area contributed by atoms with E-state index in [0.717, 1.165) is 46.7 Å². The summed E-state index contributed by atoms with van der Waals surface area (Å²) in [6, 6.07) is 7.88. The second-order valence-corrected chi connectivity index (χ2v) is 9.06. The van der Waals surface area contributed by atoms with Gasteiger partial charge in [0.25, 0.3) is 0 Å². The van der Waals surface area contributed by atoms with Gasteiger partial charge in [-0.15, -0.1) is 0 Å². The highest BCUT2D eigenvalue weighted by atomic mass is 16.5. The second kappa shape index (κ2) is 9.77. The van der Waals surface area contributed by atoms with Crippen molar-refractivity contribution in [1.82, 2.24) is 14.9 Å². The van der Waals surface area contributed by atoms with Crippen molar-refractivity contribution in [2.45, 2.75) is 65.0 Å². The van der Waals surface area contributed by atoms with E-state index in [-0.39, 0.29) is 5.91 Å². The van der Waals surface area contributed by atoms with Gasteiger partial charge in [-0.25, -0.2) is 9.97 Å². The monoisotopic (exact) mass is 422 g/mol. The highest BCUT2D eigenvalue weighted by Gasteiger charge is 2.28. The molecule has 1 aliphatic heterocycles. The Kier molecular flexibility index (Phi) is 6.86. The molecule has 0 radical (unpaired) electrons. The highest BCUT2D eigenvalue weighted by molar-refractivity contribution is 5.95. The minimum absolute atomic E-state index is 0.120. The Bertz CT molecular complexity index is 924. The predicted molar refractivity (Wildman–Crippen MR) is 122 cm³/mol. The number of anilines is 1. The molecule has 1 aromatic heterocycles. The molecule has 1 amide bonds. The molecule has 2 heterocycles. The van der Waals surface area contributed by atoms with Crippen LogP contribution in [0.3, 0.4) is 0 Å². The van der Waals surface area contributed by atoms with Crippen LogP contribution in [0.15, 0.2) is 24.3 Å². The molecule has 2 aliphatic rings. The summed E-state index contributed by atoms with van der Waals surface area (Å²) in [5.41, 5.74) is 3.13.